The number of phenolic OH excluding ortho intramolecular Hbond substituents is 1. The second-order valence-corrected chi connectivity index (χ2v) is 4.50. The fraction of sp³-hybridized carbons (Fsp3) is 0.462. The molecule has 1 aromatic carbocycles. The van der Waals surface area contributed by atoms with E-state index in [4.69, 9.17) is 0 Å². The fourth-order valence-electron chi connectivity index (χ4n) is 2.18. The van der Waals surface area contributed by atoms with Gasteiger partial charge in [0.2, 0.25) is 0 Å². The molecule has 0 saturated carbocycles. The minimum atomic E-state index is -0.0797. The van der Waals surface area contributed by atoms with Crippen LogP contribution in [0.5, 0.6) is 5.75 Å². The molecule has 4 nitrogen and oxygen atoms in total. The molecular formula is C13H18N2O2. The van der Waals surface area contributed by atoms with Gasteiger partial charge in [0.25, 0.3) is 5.91 Å². The Morgan fingerprint density at radius 3 is 2.94 bits per heavy atom. The standard InChI is InChI=1S/C13H18N2O2/c1-9-4-3-5-11(12(9)16)13(17)15-7-6-10(8-15)14-2/h3-5,10,14,16H,6-8H2,1-2H3. The number of likely N-dealkylation sites (N-methyl/N-ethyl adjacent to an activating group) is 1. The summed E-state index contributed by atoms with van der Waals surface area (Å²) in [5.74, 6) is 0.0226. The molecule has 4 heteroatoms. The first-order valence-electron chi connectivity index (χ1n) is 5.88. The largest absolute Gasteiger partial charge is 0.507 e. The Balaban J connectivity index is 2.18. The zero-order valence-electron chi connectivity index (χ0n) is 10.2. The van der Waals surface area contributed by atoms with Crippen molar-refractivity contribution in [1.29, 1.82) is 0 Å². The molecule has 1 unspecified atom stereocenters. The van der Waals surface area contributed by atoms with Crippen LogP contribution in [0, 0.1) is 6.92 Å². The van der Waals surface area contributed by atoms with Gasteiger partial charge in [-0.1, -0.05) is 12.1 Å². The number of para-hydroxylation sites is 1. The van der Waals surface area contributed by atoms with Crippen molar-refractivity contribution in [2.75, 3.05) is 20.1 Å². The second-order valence-electron chi connectivity index (χ2n) is 4.50. The minimum Gasteiger partial charge on any atom is -0.507 e. The third-order valence-corrected chi connectivity index (χ3v) is 3.35. The number of aromatic hydroxyl groups is 1. The van der Waals surface area contributed by atoms with E-state index in [-0.39, 0.29) is 11.7 Å². The Kier molecular flexibility index (Phi) is 3.33. The average Bonchev–Trinajstić information content (AvgIpc) is 2.80. The van der Waals surface area contributed by atoms with Crippen LogP contribution in [-0.2, 0) is 0 Å². The normalized spacial score (nSPS) is 19.6. The first kappa shape index (κ1) is 11.9. The van der Waals surface area contributed by atoms with E-state index in [0.717, 1.165) is 18.5 Å². The third kappa shape index (κ3) is 2.26. The number of amides is 1. The smallest absolute Gasteiger partial charge is 0.257 e. The third-order valence-electron chi connectivity index (χ3n) is 3.35. The molecular weight excluding hydrogens is 216 g/mol. The summed E-state index contributed by atoms with van der Waals surface area (Å²) in [6.45, 7) is 3.26. The first-order chi connectivity index (χ1) is 8.13. The van der Waals surface area contributed by atoms with Crippen LogP contribution in [0.2, 0.25) is 0 Å². The number of nitrogens with one attached hydrogen (secondary N) is 1. The Morgan fingerprint density at radius 2 is 2.29 bits per heavy atom. The lowest BCUT2D eigenvalue weighted by Gasteiger charge is -2.17. The summed E-state index contributed by atoms with van der Waals surface area (Å²) in [6.07, 6.45) is 0.967. The SMILES string of the molecule is CNC1CCN(C(=O)c2cccc(C)c2O)C1. The van der Waals surface area contributed by atoms with E-state index >= 15 is 0 Å². The van der Waals surface area contributed by atoms with Gasteiger partial charge in [-0.05, 0) is 32.0 Å². The predicted octanol–water partition coefficient (Wildman–Crippen LogP) is 1.13. The van der Waals surface area contributed by atoms with E-state index in [1.165, 1.54) is 0 Å². The maximum atomic E-state index is 12.2. The Hall–Kier alpha value is -1.55. The van der Waals surface area contributed by atoms with E-state index < -0.39 is 0 Å². The molecule has 0 bridgehead atoms. The highest BCUT2D eigenvalue weighted by Gasteiger charge is 2.27. The monoisotopic (exact) mass is 234 g/mol. The van der Waals surface area contributed by atoms with Crippen molar-refractivity contribution in [3.05, 3.63) is 29.3 Å². The van der Waals surface area contributed by atoms with Crippen LogP contribution in [0.4, 0.5) is 0 Å². The van der Waals surface area contributed by atoms with Gasteiger partial charge in [0.15, 0.2) is 0 Å². The number of carbonyl (C=O) groups is 1. The lowest BCUT2D eigenvalue weighted by molar-refractivity contribution is 0.0786. The summed E-state index contributed by atoms with van der Waals surface area (Å²) in [5, 5.41) is 13.1. The van der Waals surface area contributed by atoms with Crippen molar-refractivity contribution in [3.8, 4) is 5.75 Å². The van der Waals surface area contributed by atoms with Gasteiger partial charge in [-0.15, -0.1) is 0 Å². The van der Waals surface area contributed by atoms with Crippen LogP contribution in [-0.4, -0.2) is 42.1 Å². The van der Waals surface area contributed by atoms with Crippen LogP contribution in [0.25, 0.3) is 0 Å². The van der Waals surface area contributed by atoms with Gasteiger partial charge in [0, 0.05) is 19.1 Å². The second kappa shape index (κ2) is 4.75. The zero-order chi connectivity index (χ0) is 12.4. The van der Waals surface area contributed by atoms with Crippen molar-refractivity contribution in [3.63, 3.8) is 0 Å². The quantitative estimate of drug-likeness (QED) is 0.806. The molecule has 1 fully saturated rings. The van der Waals surface area contributed by atoms with Crippen LogP contribution in [0.1, 0.15) is 22.3 Å². The fourth-order valence-corrected chi connectivity index (χ4v) is 2.18. The van der Waals surface area contributed by atoms with Crippen molar-refractivity contribution in [2.24, 2.45) is 0 Å². The lowest BCUT2D eigenvalue weighted by atomic mass is 10.1. The molecule has 2 N–H and O–H groups in total. The maximum absolute atomic E-state index is 12.2. The molecule has 0 aromatic heterocycles. The molecule has 1 aliphatic heterocycles. The Morgan fingerprint density at radius 1 is 1.53 bits per heavy atom. The van der Waals surface area contributed by atoms with Crippen LogP contribution < -0.4 is 5.32 Å². The number of rotatable bonds is 2. The van der Waals surface area contributed by atoms with Gasteiger partial charge in [-0.25, -0.2) is 0 Å². The van der Waals surface area contributed by atoms with Crippen LogP contribution >= 0.6 is 0 Å². The number of aryl methyl sites for hydroxylation is 1. The molecule has 0 aliphatic carbocycles. The lowest BCUT2D eigenvalue weighted by Crippen LogP contribution is -2.33. The molecule has 1 aromatic rings. The van der Waals surface area contributed by atoms with E-state index in [0.29, 0.717) is 18.2 Å². The summed E-state index contributed by atoms with van der Waals surface area (Å²) in [7, 11) is 1.91. The molecule has 0 radical (unpaired) electrons. The number of hydrogen-bond acceptors (Lipinski definition) is 3. The van der Waals surface area contributed by atoms with E-state index in [9.17, 15) is 9.90 Å². The van der Waals surface area contributed by atoms with E-state index in [1.807, 2.05) is 7.05 Å². The molecule has 1 atom stereocenters. The van der Waals surface area contributed by atoms with Crippen molar-refractivity contribution in [2.45, 2.75) is 19.4 Å². The Bertz CT molecular complexity index is 431. The molecule has 92 valence electrons. The molecule has 1 aliphatic rings. The summed E-state index contributed by atoms with van der Waals surface area (Å²) >= 11 is 0. The number of nitrogens with zero attached hydrogens (tertiary/aromatic N) is 1. The van der Waals surface area contributed by atoms with E-state index in [2.05, 4.69) is 5.32 Å². The van der Waals surface area contributed by atoms with E-state index in [1.54, 1.807) is 30.0 Å². The molecule has 2 rings (SSSR count). The summed E-state index contributed by atoms with van der Waals surface area (Å²) < 4.78 is 0. The minimum absolute atomic E-state index is 0.0797. The van der Waals surface area contributed by atoms with Crippen LogP contribution in [0.15, 0.2) is 18.2 Å². The van der Waals surface area contributed by atoms with Gasteiger partial charge in [-0.2, -0.15) is 0 Å². The van der Waals surface area contributed by atoms with Gasteiger partial charge in [-0.3, -0.25) is 4.79 Å². The van der Waals surface area contributed by atoms with Gasteiger partial charge < -0.3 is 15.3 Å². The molecule has 0 spiro atoms. The van der Waals surface area contributed by atoms with Crippen molar-refractivity contribution >= 4 is 5.91 Å². The number of benzene rings is 1. The topological polar surface area (TPSA) is 52.6 Å². The van der Waals surface area contributed by atoms with Gasteiger partial charge in [0.1, 0.15) is 5.75 Å². The highest BCUT2D eigenvalue weighted by Crippen LogP contribution is 2.24. The van der Waals surface area contributed by atoms with Gasteiger partial charge >= 0.3 is 0 Å². The summed E-state index contributed by atoms with van der Waals surface area (Å²) in [5.41, 5.74) is 1.14. The number of carbonyl (C=O) groups excluding carboxylic acids is 1. The molecule has 1 saturated heterocycles. The zero-order valence-corrected chi connectivity index (χ0v) is 10.2. The summed E-state index contributed by atoms with van der Waals surface area (Å²) in [4.78, 5) is 14.0. The number of phenols is 1. The van der Waals surface area contributed by atoms with Gasteiger partial charge in [0.05, 0.1) is 5.56 Å². The predicted molar refractivity (Wildman–Crippen MR) is 66.2 cm³/mol. The first-order valence-corrected chi connectivity index (χ1v) is 5.88. The Labute approximate surface area is 101 Å². The molecule has 1 heterocycles. The maximum Gasteiger partial charge on any atom is 0.257 e. The number of hydrogen-bond donors (Lipinski definition) is 2. The van der Waals surface area contributed by atoms with Crippen molar-refractivity contribution in [1.82, 2.24) is 10.2 Å². The summed E-state index contributed by atoms with van der Waals surface area (Å²) in [6, 6.07) is 5.64. The van der Waals surface area contributed by atoms with Crippen molar-refractivity contribution < 1.29 is 9.90 Å². The van der Waals surface area contributed by atoms with Crippen LogP contribution in [0.3, 0.4) is 0 Å². The average molecular weight is 234 g/mol. The number of likely N-dealkylation sites (tertiary alicyclic amines) is 1. The highest BCUT2D eigenvalue weighted by molar-refractivity contribution is 5.97. The molecule has 17 heavy (non-hydrogen) atoms. The molecule has 1 amide bonds. The highest BCUT2D eigenvalue weighted by atomic mass is 16.3.